The van der Waals surface area contributed by atoms with Gasteiger partial charge in [-0.3, -0.25) is 10.6 Å². The number of nitrogens with one attached hydrogen (secondary N) is 4. The zero-order valence-electron chi connectivity index (χ0n) is 41.3. The van der Waals surface area contributed by atoms with Crippen LogP contribution in [0.25, 0.3) is 5.69 Å². The number of aryl methyl sites for hydroxylation is 2. The van der Waals surface area contributed by atoms with Gasteiger partial charge in [-0.1, -0.05) is 80.2 Å². The fourth-order valence-electron chi connectivity index (χ4n) is 5.75. The second kappa shape index (κ2) is 27.4. The van der Waals surface area contributed by atoms with Gasteiger partial charge in [0, 0.05) is 17.9 Å². The van der Waals surface area contributed by atoms with Gasteiger partial charge in [-0.05, 0) is 43.2 Å². The number of carbonyl (C=O) groups excluding carboxylic acids is 2. The molecule has 25 nitrogen and oxygen atoms in total. The number of sulfonamides is 2. The predicted octanol–water partition coefficient (Wildman–Crippen LogP) is 7.52. The molecule has 0 saturated heterocycles. The van der Waals surface area contributed by atoms with E-state index in [9.17, 15) is 66.7 Å². The van der Waals surface area contributed by atoms with E-state index in [4.69, 9.17) is 48.6 Å². The van der Waals surface area contributed by atoms with E-state index >= 15 is 0 Å². The number of benzene rings is 3. The molecular formula is C44H40Cl2F7N11O14S2. The Morgan fingerprint density at radius 1 is 0.800 bits per heavy atom. The van der Waals surface area contributed by atoms with E-state index < -0.39 is 115 Å². The lowest BCUT2D eigenvalue weighted by atomic mass is 9.97. The van der Waals surface area contributed by atoms with Crippen molar-refractivity contribution in [1.29, 1.82) is 0 Å². The number of ether oxygens (including phenoxy) is 4. The number of hydrogen-bond donors (Lipinski definition) is 5. The first-order valence-electron chi connectivity index (χ1n) is 21.6. The second-order valence-electron chi connectivity index (χ2n) is 16.0. The maximum Gasteiger partial charge on any atom is 0.442 e. The summed E-state index contributed by atoms with van der Waals surface area (Å²) in [5.41, 5.74) is -0.819. The van der Waals surface area contributed by atoms with E-state index in [0.29, 0.717) is 23.4 Å². The molecule has 0 unspecified atom stereocenters. The Labute approximate surface area is 457 Å². The van der Waals surface area contributed by atoms with Crippen molar-refractivity contribution in [1.82, 2.24) is 44.1 Å². The molecule has 0 saturated carbocycles. The van der Waals surface area contributed by atoms with Crippen molar-refractivity contribution < 1.29 is 90.4 Å². The molecule has 0 bridgehead atoms. The molecule has 0 atom stereocenters. The third-order valence-electron chi connectivity index (χ3n) is 8.99. The van der Waals surface area contributed by atoms with Crippen molar-refractivity contribution >= 4 is 73.2 Å². The summed E-state index contributed by atoms with van der Waals surface area (Å²) < 4.78 is 163. The minimum atomic E-state index is -4.71. The summed E-state index contributed by atoms with van der Waals surface area (Å²) in [7, 11) is -7.86. The molecule has 4 amide bonds. The normalized spacial score (nSPS) is 11.4. The van der Waals surface area contributed by atoms with Crippen LogP contribution in [0, 0.1) is 19.3 Å². The molecule has 80 heavy (non-hydrogen) atoms. The number of halogens is 9. The van der Waals surface area contributed by atoms with E-state index in [1.165, 1.54) is 61.2 Å². The summed E-state index contributed by atoms with van der Waals surface area (Å²) in [6.45, 7) is 0.375. The highest BCUT2D eigenvalue weighted by Crippen LogP contribution is 2.33. The molecule has 0 aliphatic heterocycles. The first kappa shape index (κ1) is 64.0. The summed E-state index contributed by atoms with van der Waals surface area (Å²) >= 11 is 12.2. The molecule has 6 rings (SSSR count). The number of carboxylic acid groups (broad SMARTS) is 1. The number of terminal acetylenes is 1. The molecular weight excluding hydrogens is 1170 g/mol. The highest BCUT2D eigenvalue weighted by Gasteiger charge is 2.30. The number of rotatable bonds is 17. The van der Waals surface area contributed by atoms with Gasteiger partial charge in [0.15, 0.2) is 0 Å². The van der Waals surface area contributed by atoms with Crippen molar-refractivity contribution in [3.8, 4) is 41.6 Å². The Morgan fingerprint density at radius 2 is 1.34 bits per heavy atom. The number of carbonyl (C=O) groups is 3. The van der Waals surface area contributed by atoms with Crippen LogP contribution in [-0.2, 0) is 31.9 Å². The van der Waals surface area contributed by atoms with Gasteiger partial charge in [-0.15, -0.1) is 11.5 Å². The smallest absolute Gasteiger partial charge is 0.442 e. The fraction of sp³-hybridized carbons (Fsp3) is 0.273. The van der Waals surface area contributed by atoms with Gasteiger partial charge in [0.05, 0.1) is 39.4 Å². The second-order valence-corrected chi connectivity index (χ2v) is 20.1. The topological polar surface area (TPSA) is 337 Å². The lowest BCUT2D eigenvalue weighted by molar-refractivity contribution is -0.134. The minimum Gasteiger partial charge on any atom is -0.479 e. The van der Waals surface area contributed by atoms with Crippen LogP contribution in [0.4, 0.5) is 52.2 Å². The van der Waals surface area contributed by atoms with Gasteiger partial charge >= 0.3 is 49.2 Å². The van der Waals surface area contributed by atoms with Gasteiger partial charge in [0.2, 0.25) is 29.5 Å². The largest absolute Gasteiger partial charge is 0.479 e. The van der Waals surface area contributed by atoms with Crippen LogP contribution in [0.5, 0.6) is 23.5 Å². The molecule has 0 radical (unpaired) electrons. The first-order valence-corrected chi connectivity index (χ1v) is 25.3. The van der Waals surface area contributed by atoms with Crippen LogP contribution < -0.4 is 44.8 Å². The van der Waals surface area contributed by atoms with E-state index in [0.717, 1.165) is 22.9 Å². The van der Waals surface area contributed by atoms with Crippen LogP contribution in [0.3, 0.4) is 0 Å². The van der Waals surface area contributed by atoms with Crippen LogP contribution in [0.2, 0.25) is 10.0 Å². The van der Waals surface area contributed by atoms with Gasteiger partial charge < -0.3 is 28.5 Å². The number of aromatic carboxylic acids is 1. The van der Waals surface area contributed by atoms with Crippen LogP contribution in [0.15, 0.2) is 85.7 Å². The average Bonchev–Trinajstić information content (AvgIpc) is 3.74. The number of hydrogen-bond acceptors (Lipinski definition) is 19. The maximum absolute atomic E-state index is 12.5. The molecule has 0 aliphatic rings. The first-order chi connectivity index (χ1) is 37.2. The van der Waals surface area contributed by atoms with E-state index in [1.54, 1.807) is 10.0 Å². The average molecular weight is 1210 g/mol. The minimum absolute atomic E-state index is 0.0434. The molecule has 3 aromatic carbocycles. The highest BCUT2D eigenvalue weighted by atomic mass is 35.5. The fourth-order valence-corrected chi connectivity index (χ4v) is 8.55. The number of methoxy groups -OCH3 is 1. The van der Waals surface area contributed by atoms with Crippen molar-refractivity contribution in [2.75, 3.05) is 24.4 Å². The summed E-state index contributed by atoms with van der Waals surface area (Å²) in [5.74, 6) is -2.20. The van der Waals surface area contributed by atoms with Gasteiger partial charge in [0.1, 0.15) is 23.1 Å². The standard InChI is InChI=1S/C15H14Cl2N2O3.C15H16F3N5O4S.C14H10F4N4O7S/c1-5-6-21-12-8-11(9(16)7-10(12)17)19-14(20)22-13(18-19)15(2,3)4;1-9-19-12(22-14(20-9)27-2)21-13(24)23-28(25,26)11-6-4-3-5-10(11)7-8-15(16,17)18;15-11(16)28-8-5-9(29-12(17)18)20-13(19-8)21-14(25)22-30(26,27)7-4-2-1-3-6(7)10(23)24/h1,7-8H,6H2,2-4H3;3-6H,7-8H2,1-2H3,(H2,19,20,21,22,23,24);1-5,11-12H,(H,23,24)(H2,19,20,21,22,25). The summed E-state index contributed by atoms with van der Waals surface area (Å²) in [5, 5.41) is 17.6. The van der Waals surface area contributed by atoms with Gasteiger partial charge in [-0.25, -0.2) is 45.5 Å². The van der Waals surface area contributed by atoms with Crippen LogP contribution in [0.1, 0.15) is 54.8 Å². The molecule has 36 heteroatoms. The number of urea groups is 2. The zero-order valence-corrected chi connectivity index (χ0v) is 44.5. The number of anilines is 2. The number of nitrogens with zero attached hydrogens (tertiary/aromatic N) is 7. The van der Waals surface area contributed by atoms with Gasteiger partial charge in [0.25, 0.3) is 20.0 Å². The van der Waals surface area contributed by atoms with E-state index in [1.807, 2.05) is 20.8 Å². The molecule has 6 aromatic rings. The summed E-state index contributed by atoms with van der Waals surface area (Å²) in [6.07, 6.45) is -1.04. The van der Waals surface area contributed by atoms with Crippen molar-refractivity contribution in [2.45, 2.75) is 75.1 Å². The zero-order chi connectivity index (χ0) is 59.9. The summed E-state index contributed by atoms with van der Waals surface area (Å²) in [6, 6.07) is 10.00. The third-order valence-corrected chi connectivity index (χ3v) is 12.4. The summed E-state index contributed by atoms with van der Waals surface area (Å²) in [4.78, 5) is 63.8. The Hall–Kier alpha value is -8.55. The molecule has 3 aromatic heterocycles. The Morgan fingerprint density at radius 3 is 1.85 bits per heavy atom. The quantitative estimate of drug-likeness (QED) is 0.0435. The number of aromatic nitrogens is 7. The molecule has 0 fully saturated rings. The van der Waals surface area contributed by atoms with Gasteiger partial charge in [-0.2, -0.15) is 60.3 Å². The third kappa shape index (κ3) is 19.4. The molecule has 3 heterocycles. The van der Waals surface area contributed by atoms with E-state index in [2.05, 4.69) is 50.7 Å². The Balaban J connectivity index is 0.000000261. The lowest BCUT2D eigenvalue weighted by Gasteiger charge is -2.13. The van der Waals surface area contributed by atoms with Crippen molar-refractivity contribution in [3.63, 3.8) is 0 Å². The van der Waals surface area contributed by atoms with Crippen LogP contribution in [-0.4, -0.2) is 108 Å². The number of carboxylic acids is 1. The maximum atomic E-state index is 12.5. The predicted molar refractivity (Wildman–Crippen MR) is 264 cm³/mol. The lowest BCUT2D eigenvalue weighted by Crippen LogP contribution is -2.35. The molecule has 0 aliphatic carbocycles. The SMILES string of the molecule is C#CCOc1cc(-n2nc(C(C)(C)C)oc2=O)c(Cl)cc1Cl.COc1nc(C)nc(NC(=O)NS(=O)(=O)c2ccccc2CCC(F)(F)F)n1.O=C(Nc1nc(OC(F)F)cc(OC(F)F)n1)NS(=O)(=O)c1ccccc1C(=O)O. The Kier molecular flexibility index (Phi) is 21.9. The van der Waals surface area contributed by atoms with E-state index in [-0.39, 0.29) is 40.0 Å². The van der Waals surface area contributed by atoms with Crippen molar-refractivity contribution in [2.24, 2.45) is 0 Å². The molecule has 5 N–H and O–H groups in total. The van der Waals surface area contributed by atoms with Crippen molar-refractivity contribution in [3.05, 3.63) is 110 Å². The number of alkyl halides is 7. The monoisotopic (exact) mass is 1210 g/mol. The Bertz CT molecular complexity index is 3520. The van der Waals surface area contributed by atoms with Crippen LogP contribution >= 0.6 is 23.2 Å². The molecule has 0 spiro atoms. The highest BCUT2D eigenvalue weighted by molar-refractivity contribution is 7.90. The molecule has 430 valence electrons. The number of amides is 4.